The van der Waals surface area contributed by atoms with Crippen molar-refractivity contribution in [2.24, 2.45) is 0 Å². The van der Waals surface area contributed by atoms with Gasteiger partial charge in [-0.15, -0.1) is 0 Å². The molecule has 18 heavy (non-hydrogen) atoms. The SMILES string of the molecule is CCc1nc(-c2ccc(Cl)cn2)nc(NC)c1C. The largest absolute Gasteiger partial charge is 0.373 e. The van der Waals surface area contributed by atoms with Crippen LogP contribution in [0.25, 0.3) is 11.5 Å². The van der Waals surface area contributed by atoms with Crippen LogP contribution in [0.4, 0.5) is 5.82 Å². The lowest BCUT2D eigenvalue weighted by atomic mass is 10.2. The number of pyridine rings is 1. The summed E-state index contributed by atoms with van der Waals surface area (Å²) in [6.45, 7) is 4.09. The van der Waals surface area contributed by atoms with E-state index in [1.807, 2.05) is 20.0 Å². The van der Waals surface area contributed by atoms with Gasteiger partial charge in [0, 0.05) is 24.5 Å². The van der Waals surface area contributed by atoms with E-state index in [1.165, 1.54) is 0 Å². The minimum Gasteiger partial charge on any atom is -0.373 e. The quantitative estimate of drug-likeness (QED) is 0.923. The molecule has 0 bridgehead atoms. The van der Waals surface area contributed by atoms with Crippen molar-refractivity contribution in [2.45, 2.75) is 20.3 Å². The Hall–Kier alpha value is -1.68. The maximum absolute atomic E-state index is 5.83. The Morgan fingerprint density at radius 2 is 2.06 bits per heavy atom. The van der Waals surface area contributed by atoms with Gasteiger partial charge in [0.05, 0.1) is 5.02 Å². The van der Waals surface area contributed by atoms with Crippen LogP contribution in [0, 0.1) is 6.92 Å². The van der Waals surface area contributed by atoms with Crippen LogP contribution in [0.2, 0.25) is 5.02 Å². The lowest BCUT2D eigenvalue weighted by Crippen LogP contribution is -2.05. The lowest BCUT2D eigenvalue weighted by molar-refractivity contribution is 0.972. The molecule has 94 valence electrons. The normalized spacial score (nSPS) is 10.4. The van der Waals surface area contributed by atoms with Gasteiger partial charge in [0.25, 0.3) is 0 Å². The minimum absolute atomic E-state index is 0.607. The molecule has 0 saturated heterocycles. The number of anilines is 1. The van der Waals surface area contributed by atoms with Crippen molar-refractivity contribution in [1.29, 1.82) is 0 Å². The van der Waals surface area contributed by atoms with Crippen LogP contribution < -0.4 is 5.32 Å². The lowest BCUT2D eigenvalue weighted by Gasteiger charge is -2.10. The highest BCUT2D eigenvalue weighted by molar-refractivity contribution is 6.30. The number of hydrogen-bond acceptors (Lipinski definition) is 4. The molecule has 0 saturated carbocycles. The van der Waals surface area contributed by atoms with Crippen molar-refractivity contribution in [3.63, 3.8) is 0 Å². The third-order valence-corrected chi connectivity index (χ3v) is 3.00. The molecule has 0 unspecified atom stereocenters. The molecule has 5 heteroatoms. The second-order valence-electron chi connectivity index (χ2n) is 3.93. The summed E-state index contributed by atoms with van der Waals surface area (Å²) in [7, 11) is 1.86. The molecule has 0 aliphatic heterocycles. The van der Waals surface area contributed by atoms with Gasteiger partial charge in [-0.3, -0.25) is 4.98 Å². The first-order valence-corrected chi connectivity index (χ1v) is 6.20. The average Bonchev–Trinajstić information content (AvgIpc) is 2.40. The molecule has 0 amide bonds. The van der Waals surface area contributed by atoms with Crippen LogP contribution in [-0.2, 0) is 6.42 Å². The molecule has 1 N–H and O–H groups in total. The fourth-order valence-electron chi connectivity index (χ4n) is 1.77. The Bertz CT molecular complexity index is 526. The zero-order chi connectivity index (χ0) is 13.1. The summed E-state index contributed by atoms with van der Waals surface area (Å²) in [5.74, 6) is 1.46. The van der Waals surface area contributed by atoms with Crippen molar-refractivity contribution in [3.05, 3.63) is 34.6 Å². The first-order valence-electron chi connectivity index (χ1n) is 5.83. The van der Waals surface area contributed by atoms with Crippen molar-refractivity contribution in [2.75, 3.05) is 12.4 Å². The van der Waals surface area contributed by atoms with Crippen LogP contribution in [0.15, 0.2) is 18.3 Å². The van der Waals surface area contributed by atoms with E-state index in [9.17, 15) is 0 Å². The molecule has 0 aliphatic rings. The molecule has 0 spiro atoms. The van der Waals surface area contributed by atoms with Crippen LogP contribution >= 0.6 is 11.6 Å². The van der Waals surface area contributed by atoms with Gasteiger partial charge in [0.2, 0.25) is 0 Å². The summed E-state index contributed by atoms with van der Waals surface area (Å²) in [5, 5.41) is 3.69. The molecule has 0 radical (unpaired) electrons. The van der Waals surface area contributed by atoms with Crippen LogP contribution in [0.5, 0.6) is 0 Å². The number of nitrogens with zero attached hydrogens (tertiary/aromatic N) is 3. The monoisotopic (exact) mass is 262 g/mol. The van der Waals surface area contributed by atoms with E-state index in [0.717, 1.165) is 29.2 Å². The van der Waals surface area contributed by atoms with Gasteiger partial charge in [-0.25, -0.2) is 9.97 Å². The van der Waals surface area contributed by atoms with E-state index in [1.54, 1.807) is 12.3 Å². The summed E-state index contributed by atoms with van der Waals surface area (Å²) in [4.78, 5) is 13.3. The third-order valence-electron chi connectivity index (χ3n) is 2.77. The van der Waals surface area contributed by atoms with Crippen LogP contribution in [0.3, 0.4) is 0 Å². The highest BCUT2D eigenvalue weighted by atomic mass is 35.5. The number of aromatic nitrogens is 3. The molecule has 2 rings (SSSR count). The summed E-state index contributed by atoms with van der Waals surface area (Å²) >= 11 is 5.83. The number of halogens is 1. The van der Waals surface area contributed by atoms with Gasteiger partial charge in [0.1, 0.15) is 11.5 Å². The second kappa shape index (κ2) is 5.31. The van der Waals surface area contributed by atoms with Crippen LogP contribution in [-0.4, -0.2) is 22.0 Å². The standard InChI is InChI=1S/C13H15ClN4/c1-4-10-8(2)12(15-3)18-13(17-10)11-6-5-9(14)7-16-11/h5-7H,4H2,1-3H3,(H,15,17,18). The zero-order valence-corrected chi connectivity index (χ0v) is 11.4. The first-order chi connectivity index (χ1) is 8.65. The van der Waals surface area contributed by atoms with Crippen molar-refractivity contribution in [1.82, 2.24) is 15.0 Å². The van der Waals surface area contributed by atoms with E-state index in [-0.39, 0.29) is 0 Å². The molecule has 2 aromatic rings. The predicted molar refractivity (Wildman–Crippen MR) is 73.9 cm³/mol. The van der Waals surface area contributed by atoms with Gasteiger partial charge < -0.3 is 5.32 Å². The molecule has 2 heterocycles. The number of rotatable bonds is 3. The maximum Gasteiger partial charge on any atom is 0.180 e. The summed E-state index contributed by atoms with van der Waals surface area (Å²) in [6.07, 6.45) is 2.47. The van der Waals surface area contributed by atoms with Crippen molar-refractivity contribution in [3.8, 4) is 11.5 Å². The van der Waals surface area contributed by atoms with Crippen LogP contribution in [0.1, 0.15) is 18.2 Å². The van der Waals surface area contributed by atoms with Crippen molar-refractivity contribution >= 4 is 17.4 Å². The van der Waals surface area contributed by atoms with E-state index < -0.39 is 0 Å². The molecule has 4 nitrogen and oxygen atoms in total. The molecule has 0 fully saturated rings. The number of hydrogen-bond donors (Lipinski definition) is 1. The first kappa shape index (κ1) is 12.8. The molecule has 2 aromatic heterocycles. The molecule has 0 atom stereocenters. The fraction of sp³-hybridized carbons (Fsp3) is 0.308. The molecular formula is C13H15ClN4. The summed E-state index contributed by atoms with van der Waals surface area (Å²) < 4.78 is 0. The van der Waals surface area contributed by atoms with Gasteiger partial charge in [-0.1, -0.05) is 18.5 Å². The van der Waals surface area contributed by atoms with Gasteiger partial charge in [-0.05, 0) is 25.5 Å². The van der Waals surface area contributed by atoms with Gasteiger partial charge >= 0.3 is 0 Å². The Morgan fingerprint density at radius 1 is 1.28 bits per heavy atom. The fourth-order valence-corrected chi connectivity index (χ4v) is 1.89. The van der Waals surface area contributed by atoms with Gasteiger partial charge in [0.15, 0.2) is 5.82 Å². The Morgan fingerprint density at radius 3 is 2.61 bits per heavy atom. The average molecular weight is 263 g/mol. The third kappa shape index (κ3) is 2.43. The molecule has 0 aromatic carbocycles. The second-order valence-corrected chi connectivity index (χ2v) is 4.37. The maximum atomic E-state index is 5.83. The van der Waals surface area contributed by atoms with E-state index in [4.69, 9.17) is 11.6 Å². The smallest absolute Gasteiger partial charge is 0.180 e. The predicted octanol–water partition coefficient (Wildman–Crippen LogP) is 3.10. The van der Waals surface area contributed by atoms with Crippen molar-refractivity contribution < 1.29 is 0 Å². The molecular weight excluding hydrogens is 248 g/mol. The zero-order valence-electron chi connectivity index (χ0n) is 10.7. The van der Waals surface area contributed by atoms with E-state index in [0.29, 0.717) is 10.8 Å². The Balaban J connectivity index is 2.54. The Labute approximate surface area is 111 Å². The van der Waals surface area contributed by atoms with E-state index >= 15 is 0 Å². The number of aryl methyl sites for hydroxylation is 1. The Kier molecular flexibility index (Phi) is 3.77. The topological polar surface area (TPSA) is 50.7 Å². The number of nitrogens with one attached hydrogen (secondary N) is 1. The summed E-state index contributed by atoms with van der Waals surface area (Å²) in [6, 6.07) is 3.61. The highest BCUT2D eigenvalue weighted by Gasteiger charge is 2.10. The highest BCUT2D eigenvalue weighted by Crippen LogP contribution is 2.21. The molecule has 0 aliphatic carbocycles. The minimum atomic E-state index is 0.607. The van der Waals surface area contributed by atoms with Gasteiger partial charge in [-0.2, -0.15) is 0 Å². The summed E-state index contributed by atoms with van der Waals surface area (Å²) in [5.41, 5.74) is 2.84. The van der Waals surface area contributed by atoms with E-state index in [2.05, 4.69) is 27.2 Å².